The van der Waals surface area contributed by atoms with E-state index in [0.29, 0.717) is 36.2 Å². The Balaban J connectivity index is 3.24. The summed E-state index contributed by atoms with van der Waals surface area (Å²) in [6, 6.07) is 2.88. The summed E-state index contributed by atoms with van der Waals surface area (Å²) in [5, 5.41) is 9.42. The molecule has 0 radical (unpaired) electrons. The highest BCUT2D eigenvalue weighted by atomic mass is 19.1. The minimum atomic E-state index is -1.01. The highest BCUT2D eigenvalue weighted by Gasteiger charge is 2.24. The molecule has 0 aliphatic heterocycles. The second-order valence-corrected chi connectivity index (χ2v) is 7.31. The van der Waals surface area contributed by atoms with Crippen molar-refractivity contribution in [1.82, 2.24) is 0 Å². The molecule has 0 bridgehead atoms. The molecule has 1 aromatic rings. The molecule has 0 aromatic heterocycles. The molecule has 0 fully saturated rings. The van der Waals surface area contributed by atoms with Crippen LogP contribution in [-0.2, 0) is 9.53 Å². The van der Waals surface area contributed by atoms with Crippen LogP contribution < -0.4 is 10.6 Å². The number of nitrogen functional groups attached to an aromatic ring is 1. The Morgan fingerprint density at radius 3 is 2.20 bits per heavy atom. The van der Waals surface area contributed by atoms with Crippen molar-refractivity contribution in [2.75, 3.05) is 37.4 Å². The van der Waals surface area contributed by atoms with Crippen LogP contribution >= 0.6 is 0 Å². The summed E-state index contributed by atoms with van der Waals surface area (Å²) in [5.41, 5.74) is 7.15. The van der Waals surface area contributed by atoms with Gasteiger partial charge < -0.3 is 20.5 Å². The van der Waals surface area contributed by atoms with Crippen molar-refractivity contribution in [3.63, 3.8) is 0 Å². The van der Waals surface area contributed by atoms with Crippen LogP contribution in [0.15, 0.2) is 12.1 Å². The molecule has 1 aromatic carbocycles. The Labute approximate surface area is 150 Å². The SMILES string of the molecule is COCCC(C(=O)O)c1cc(N)c(N(CC(C)C)CC(C)C)c(F)c1. The minimum Gasteiger partial charge on any atom is -0.481 e. The molecule has 0 aliphatic carbocycles. The molecule has 1 atom stereocenters. The Morgan fingerprint density at radius 1 is 1.24 bits per heavy atom. The number of carboxylic acids is 1. The van der Waals surface area contributed by atoms with Crippen LogP contribution in [0.4, 0.5) is 15.8 Å². The van der Waals surface area contributed by atoms with Crippen molar-refractivity contribution in [2.24, 2.45) is 11.8 Å². The number of aliphatic carboxylic acids is 1. The molecule has 1 unspecified atom stereocenters. The predicted molar refractivity (Wildman–Crippen MR) is 99.6 cm³/mol. The Hall–Kier alpha value is -1.82. The first-order chi connectivity index (χ1) is 11.7. The van der Waals surface area contributed by atoms with Crippen LogP contribution in [0.3, 0.4) is 0 Å². The summed E-state index contributed by atoms with van der Waals surface area (Å²) >= 11 is 0. The second kappa shape index (κ2) is 9.61. The van der Waals surface area contributed by atoms with Gasteiger partial charge in [0.2, 0.25) is 0 Å². The first-order valence-electron chi connectivity index (χ1n) is 8.72. The molecule has 142 valence electrons. The van der Waals surface area contributed by atoms with Gasteiger partial charge in [-0.3, -0.25) is 4.79 Å². The molecule has 25 heavy (non-hydrogen) atoms. The van der Waals surface area contributed by atoms with E-state index >= 15 is 0 Å². The molecule has 5 nitrogen and oxygen atoms in total. The monoisotopic (exact) mass is 354 g/mol. The van der Waals surface area contributed by atoms with Gasteiger partial charge in [-0.25, -0.2) is 4.39 Å². The Kier molecular flexibility index (Phi) is 8.16. The van der Waals surface area contributed by atoms with E-state index in [1.807, 2.05) is 4.90 Å². The quantitative estimate of drug-likeness (QED) is 0.626. The van der Waals surface area contributed by atoms with E-state index in [4.69, 9.17) is 10.5 Å². The van der Waals surface area contributed by atoms with E-state index in [-0.39, 0.29) is 18.7 Å². The number of benzene rings is 1. The highest BCUT2D eigenvalue weighted by Crippen LogP contribution is 2.33. The van der Waals surface area contributed by atoms with Gasteiger partial charge in [0.1, 0.15) is 5.82 Å². The number of carbonyl (C=O) groups is 1. The second-order valence-electron chi connectivity index (χ2n) is 7.31. The van der Waals surface area contributed by atoms with E-state index < -0.39 is 17.7 Å². The smallest absolute Gasteiger partial charge is 0.311 e. The van der Waals surface area contributed by atoms with Gasteiger partial charge in [-0.2, -0.15) is 0 Å². The molecule has 0 saturated heterocycles. The average Bonchev–Trinajstić information content (AvgIpc) is 2.45. The van der Waals surface area contributed by atoms with Crippen molar-refractivity contribution in [2.45, 2.75) is 40.0 Å². The molecule has 3 N–H and O–H groups in total. The third-order valence-electron chi connectivity index (χ3n) is 3.91. The van der Waals surface area contributed by atoms with Crippen molar-refractivity contribution in [3.8, 4) is 0 Å². The Morgan fingerprint density at radius 2 is 1.80 bits per heavy atom. The molecule has 1 rings (SSSR count). The molecule has 0 saturated carbocycles. The number of rotatable bonds is 10. The molecular weight excluding hydrogens is 323 g/mol. The average molecular weight is 354 g/mol. The number of ether oxygens (including phenoxy) is 1. The van der Waals surface area contributed by atoms with Crippen LogP contribution in [-0.4, -0.2) is 37.9 Å². The first-order valence-corrected chi connectivity index (χ1v) is 8.72. The standard InChI is InChI=1S/C19H31FN2O3/c1-12(2)10-22(11-13(3)4)18-16(20)8-14(9-17(18)21)15(19(23)24)6-7-25-5/h8-9,12-13,15H,6-7,10-11,21H2,1-5H3,(H,23,24). The van der Waals surface area contributed by atoms with Crippen molar-refractivity contribution in [1.29, 1.82) is 0 Å². The fourth-order valence-corrected chi connectivity index (χ4v) is 2.98. The number of nitrogens with zero attached hydrogens (tertiary/aromatic N) is 1. The van der Waals surface area contributed by atoms with Gasteiger partial charge in [0.05, 0.1) is 17.3 Å². The number of methoxy groups -OCH3 is 1. The lowest BCUT2D eigenvalue weighted by Crippen LogP contribution is -2.32. The molecule has 0 aliphatic rings. The number of anilines is 2. The lowest BCUT2D eigenvalue weighted by molar-refractivity contribution is -0.139. The summed E-state index contributed by atoms with van der Waals surface area (Å²) < 4.78 is 19.8. The van der Waals surface area contributed by atoms with Crippen molar-refractivity contribution < 1.29 is 19.0 Å². The first kappa shape index (κ1) is 21.2. The number of carboxylic acid groups (broad SMARTS) is 1. The van der Waals surface area contributed by atoms with Crippen LogP contribution in [0.5, 0.6) is 0 Å². The van der Waals surface area contributed by atoms with E-state index in [2.05, 4.69) is 27.7 Å². The van der Waals surface area contributed by atoms with Gasteiger partial charge >= 0.3 is 5.97 Å². The molecule has 0 heterocycles. The topological polar surface area (TPSA) is 75.8 Å². The minimum absolute atomic E-state index is 0.270. The van der Waals surface area contributed by atoms with Crippen LogP contribution in [0.2, 0.25) is 0 Å². The summed E-state index contributed by atoms with van der Waals surface area (Å²) in [5.74, 6) is -1.62. The van der Waals surface area contributed by atoms with E-state index in [1.54, 1.807) is 6.07 Å². The van der Waals surface area contributed by atoms with Crippen molar-refractivity contribution >= 4 is 17.3 Å². The van der Waals surface area contributed by atoms with Gasteiger partial charge in [-0.05, 0) is 36.0 Å². The largest absolute Gasteiger partial charge is 0.481 e. The maximum absolute atomic E-state index is 14.9. The number of hydrogen-bond donors (Lipinski definition) is 2. The Bertz CT molecular complexity index is 543. The van der Waals surface area contributed by atoms with E-state index in [1.165, 1.54) is 13.2 Å². The highest BCUT2D eigenvalue weighted by molar-refractivity contribution is 5.78. The van der Waals surface area contributed by atoms with E-state index in [9.17, 15) is 14.3 Å². The normalized spacial score (nSPS) is 12.6. The zero-order valence-electron chi connectivity index (χ0n) is 15.9. The molecule has 0 spiro atoms. The van der Waals surface area contributed by atoms with Crippen LogP contribution in [0.1, 0.15) is 45.6 Å². The predicted octanol–water partition coefficient (Wildman–Crippen LogP) is 3.73. The number of nitrogens with two attached hydrogens (primary N) is 1. The number of halogens is 1. The van der Waals surface area contributed by atoms with Crippen molar-refractivity contribution in [3.05, 3.63) is 23.5 Å². The third-order valence-corrected chi connectivity index (χ3v) is 3.91. The summed E-state index contributed by atoms with van der Waals surface area (Å²) in [4.78, 5) is 13.5. The van der Waals surface area contributed by atoms with Crippen LogP contribution in [0.25, 0.3) is 0 Å². The van der Waals surface area contributed by atoms with E-state index in [0.717, 1.165) is 0 Å². The summed E-state index contributed by atoms with van der Waals surface area (Å²) in [6.45, 7) is 9.94. The zero-order chi connectivity index (χ0) is 19.1. The fraction of sp³-hybridized carbons (Fsp3) is 0.632. The number of hydrogen-bond acceptors (Lipinski definition) is 4. The third kappa shape index (κ3) is 6.20. The molecular formula is C19H31FN2O3. The molecule has 6 heteroatoms. The fourth-order valence-electron chi connectivity index (χ4n) is 2.98. The van der Waals surface area contributed by atoms with Crippen LogP contribution in [0, 0.1) is 17.7 Å². The lowest BCUT2D eigenvalue weighted by atomic mass is 9.94. The van der Waals surface area contributed by atoms with Gasteiger partial charge in [-0.15, -0.1) is 0 Å². The van der Waals surface area contributed by atoms with Gasteiger partial charge in [-0.1, -0.05) is 27.7 Å². The van der Waals surface area contributed by atoms with Gasteiger partial charge in [0.25, 0.3) is 0 Å². The zero-order valence-corrected chi connectivity index (χ0v) is 15.9. The van der Waals surface area contributed by atoms with Gasteiger partial charge in [0, 0.05) is 26.8 Å². The lowest BCUT2D eigenvalue weighted by Gasteiger charge is -2.30. The maximum Gasteiger partial charge on any atom is 0.311 e. The molecule has 0 amide bonds. The van der Waals surface area contributed by atoms with Gasteiger partial charge in [0.15, 0.2) is 0 Å². The summed E-state index contributed by atoms with van der Waals surface area (Å²) in [6.07, 6.45) is 0.270. The summed E-state index contributed by atoms with van der Waals surface area (Å²) in [7, 11) is 1.51. The maximum atomic E-state index is 14.9.